The second kappa shape index (κ2) is 7.06. The van der Waals surface area contributed by atoms with E-state index in [2.05, 4.69) is 27.4 Å². The van der Waals surface area contributed by atoms with E-state index in [1.165, 1.54) is 11.3 Å². The highest BCUT2D eigenvalue weighted by molar-refractivity contribution is 8.06. The third-order valence-corrected chi connectivity index (χ3v) is 5.81. The predicted molar refractivity (Wildman–Crippen MR) is 103 cm³/mol. The monoisotopic (exact) mass is 368 g/mol. The van der Waals surface area contributed by atoms with Gasteiger partial charge in [-0.05, 0) is 37.0 Å². The van der Waals surface area contributed by atoms with E-state index in [1.807, 2.05) is 18.2 Å². The van der Waals surface area contributed by atoms with Crippen LogP contribution in [-0.2, 0) is 0 Å². The Labute approximate surface area is 156 Å². The van der Waals surface area contributed by atoms with Crippen LogP contribution in [0, 0.1) is 0 Å². The zero-order chi connectivity index (χ0) is 17.2. The van der Waals surface area contributed by atoms with Crippen LogP contribution in [0.2, 0.25) is 5.15 Å². The molecule has 0 unspecified atom stereocenters. The van der Waals surface area contributed by atoms with Crippen molar-refractivity contribution in [3.63, 3.8) is 0 Å². The third kappa shape index (κ3) is 3.12. The molecule has 5 heteroatoms. The number of aromatic nitrogens is 1. The molecule has 3 heterocycles. The number of allylic oxidation sites excluding steroid dienone is 1. The Kier molecular flexibility index (Phi) is 4.64. The molecule has 0 radical (unpaired) electrons. The minimum atomic E-state index is -0.00443. The average molecular weight is 369 g/mol. The summed E-state index contributed by atoms with van der Waals surface area (Å²) in [6.45, 7) is 0.931. The summed E-state index contributed by atoms with van der Waals surface area (Å²) in [6.07, 6.45) is 4.45. The van der Waals surface area contributed by atoms with Gasteiger partial charge in [-0.1, -0.05) is 53.7 Å². The van der Waals surface area contributed by atoms with Gasteiger partial charge in [0.15, 0.2) is 5.78 Å². The number of fused-ring (bicyclic) bond motifs is 1. The van der Waals surface area contributed by atoms with Gasteiger partial charge in [-0.15, -0.1) is 0 Å². The minimum absolute atomic E-state index is 0.00443. The maximum absolute atomic E-state index is 13.1. The van der Waals surface area contributed by atoms with Gasteiger partial charge in [0.05, 0.1) is 16.3 Å². The Morgan fingerprint density at radius 1 is 1.12 bits per heavy atom. The van der Waals surface area contributed by atoms with Crippen molar-refractivity contribution in [2.75, 3.05) is 6.54 Å². The number of hydrogen-bond donors (Lipinski definition) is 0. The third-order valence-electron chi connectivity index (χ3n) is 4.48. The lowest BCUT2D eigenvalue weighted by atomic mass is 10.0. The van der Waals surface area contributed by atoms with E-state index in [9.17, 15) is 4.79 Å². The normalized spacial score (nSPS) is 17.2. The van der Waals surface area contributed by atoms with Crippen molar-refractivity contribution in [2.45, 2.75) is 19.3 Å². The standard InChI is InChI=1S/C20H17ClN2OS/c21-19-15(10-6-11-22-19)18(24)16-9-4-5-12-23-17(13-25-20(16)23)14-7-2-1-3-8-14/h1-3,6-8,10-11,13H,4-5,9,12H2. The van der Waals surface area contributed by atoms with Gasteiger partial charge in [-0.25, -0.2) is 4.98 Å². The minimum Gasteiger partial charge on any atom is -0.335 e. The molecule has 4 rings (SSSR count). The van der Waals surface area contributed by atoms with Crippen LogP contribution in [0.1, 0.15) is 35.2 Å². The number of carbonyl (C=O) groups excluding carboxylic acids is 1. The van der Waals surface area contributed by atoms with Gasteiger partial charge in [-0.3, -0.25) is 4.79 Å². The first-order chi connectivity index (χ1) is 12.3. The molecule has 0 atom stereocenters. The summed E-state index contributed by atoms with van der Waals surface area (Å²) >= 11 is 7.80. The van der Waals surface area contributed by atoms with E-state index < -0.39 is 0 Å². The highest BCUT2D eigenvalue weighted by atomic mass is 35.5. The van der Waals surface area contributed by atoms with Crippen LogP contribution < -0.4 is 0 Å². The molecular formula is C20H17ClN2OS. The van der Waals surface area contributed by atoms with E-state index in [1.54, 1.807) is 30.1 Å². The molecule has 0 bridgehead atoms. The van der Waals surface area contributed by atoms with E-state index in [0.29, 0.717) is 5.56 Å². The topological polar surface area (TPSA) is 33.2 Å². The molecule has 126 valence electrons. The van der Waals surface area contributed by atoms with Crippen molar-refractivity contribution >= 4 is 34.8 Å². The molecule has 2 aromatic rings. The van der Waals surface area contributed by atoms with Gasteiger partial charge in [0.2, 0.25) is 0 Å². The van der Waals surface area contributed by atoms with Gasteiger partial charge in [0.25, 0.3) is 0 Å². The number of ketones is 1. The summed E-state index contributed by atoms with van der Waals surface area (Å²) in [5.74, 6) is -0.00443. The lowest BCUT2D eigenvalue weighted by Gasteiger charge is -2.23. The summed E-state index contributed by atoms with van der Waals surface area (Å²) in [5, 5.41) is 3.46. The summed E-state index contributed by atoms with van der Waals surface area (Å²) in [6, 6.07) is 13.8. The van der Waals surface area contributed by atoms with E-state index >= 15 is 0 Å². The van der Waals surface area contributed by atoms with Gasteiger partial charge in [0, 0.05) is 23.7 Å². The van der Waals surface area contributed by atoms with Crippen LogP contribution in [0.3, 0.4) is 0 Å². The van der Waals surface area contributed by atoms with E-state index in [0.717, 1.165) is 36.4 Å². The molecule has 0 saturated carbocycles. The molecule has 0 aliphatic carbocycles. The van der Waals surface area contributed by atoms with Crippen LogP contribution in [0.15, 0.2) is 64.7 Å². The molecular weight excluding hydrogens is 352 g/mol. The van der Waals surface area contributed by atoms with Crippen molar-refractivity contribution in [3.05, 3.63) is 81.0 Å². The highest BCUT2D eigenvalue weighted by Crippen LogP contribution is 2.44. The van der Waals surface area contributed by atoms with E-state index in [4.69, 9.17) is 11.6 Å². The Morgan fingerprint density at radius 3 is 2.76 bits per heavy atom. The molecule has 0 amide bonds. The zero-order valence-corrected chi connectivity index (χ0v) is 15.2. The Hall–Kier alpha value is -2.04. The average Bonchev–Trinajstić information content (AvgIpc) is 2.95. The molecule has 2 aliphatic heterocycles. The first-order valence-electron chi connectivity index (χ1n) is 8.34. The van der Waals surface area contributed by atoms with Gasteiger partial charge in [0.1, 0.15) is 5.15 Å². The molecule has 1 aromatic heterocycles. The zero-order valence-electron chi connectivity index (χ0n) is 13.6. The number of Topliss-reactive ketones (excluding diaryl/α,β-unsaturated/α-hetero) is 1. The number of nitrogens with zero attached hydrogens (tertiary/aromatic N) is 2. The Balaban J connectivity index is 1.73. The molecule has 3 nitrogen and oxygen atoms in total. The largest absolute Gasteiger partial charge is 0.335 e. The molecule has 2 aliphatic rings. The van der Waals surface area contributed by atoms with Crippen molar-refractivity contribution in [3.8, 4) is 0 Å². The van der Waals surface area contributed by atoms with Crippen molar-refractivity contribution in [1.82, 2.24) is 9.88 Å². The first-order valence-corrected chi connectivity index (χ1v) is 9.59. The fourth-order valence-electron chi connectivity index (χ4n) is 3.24. The van der Waals surface area contributed by atoms with Crippen molar-refractivity contribution in [2.24, 2.45) is 0 Å². The molecule has 0 fully saturated rings. The Morgan fingerprint density at radius 2 is 1.96 bits per heavy atom. The van der Waals surface area contributed by atoms with Crippen molar-refractivity contribution < 1.29 is 4.79 Å². The fraction of sp³-hybridized carbons (Fsp3) is 0.200. The van der Waals surface area contributed by atoms with Crippen LogP contribution in [0.5, 0.6) is 0 Å². The summed E-state index contributed by atoms with van der Waals surface area (Å²) < 4.78 is 0. The highest BCUT2D eigenvalue weighted by Gasteiger charge is 2.30. The predicted octanol–water partition coefficient (Wildman–Crippen LogP) is 5.36. The number of halogens is 1. The maximum atomic E-state index is 13.1. The molecule has 1 aromatic carbocycles. The molecule has 0 saturated heterocycles. The molecule has 0 N–H and O–H groups in total. The second-order valence-corrected chi connectivity index (χ2v) is 7.27. The van der Waals surface area contributed by atoms with Gasteiger partial charge in [-0.2, -0.15) is 0 Å². The number of hydrogen-bond acceptors (Lipinski definition) is 4. The lowest BCUT2D eigenvalue weighted by Crippen LogP contribution is -2.19. The molecule has 25 heavy (non-hydrogen) atoms. The van der Waals surface area contributed by atoms with Gasteiger partial charge >= 0.3 is 0 Å². The smallest absolute Gasteiger partial charge is 0.194 e. The lowest BCUT2D eigenvalue weighted by molar-refractivity contribution is 0.102. The Bertz CT molecular complexity index is 876. The van der Waals surface area contributed by atoms with E-state index in [-0.39, 0.29) is 10.9 Å². The first kappa shape index (κ1) is 16.4. The van der Waals surface area contributed by atoms with Crippen LogP contribution in [-0.4, -0.2) is 22.2 Å². The summed E-state index contributed by atoms with van der Waals surface area (Å²) in [7, 11) is 0. The van der Waals surface area contributed by atoms with Gasteiger partial charge < -0.3 is 4.90 Å². The second-order valence-electron chi connectivity index (χ2n) is 6.05. The number of carbonyl (C=O) groups is 1. The van der Waals surface area contributed by atoms with Crippen molar-refractivity contribution in [1.29, 1.82) is 0 Å². The molecule has 0 spiro atoms. The van der Waals surface area contributed by atoms with Crippen LogP contribution >= 0.6 is 23.4 Å². The number of thioether (sulfide) groups is 1. The number of rotatable bonds is 3. The number of benzene rings is 1. The van der Waals surface area contributed by atoms with Crippen LogP contribution in [0.4, 0.5) is 0 Å². The SMILES string of the molecule is O=C(C1=C2SC=C(c3ccccc3)N2CCCC1)c1cccnc1Cl. The quantitative estimate of drug-likeness (QED) is 0.539. The maximum Gasteiger partial charge on any atom is 0.194 e. The number of pyridine rings is 1. The van der Waals surface area contributed by atoms with Crippen LogP contribution in [0.25, 0.3) is 5.70 Å². The summed E-state index contributed by atoms with van der Waals surface area (Å²) in [4.78, 5) is 19.5. The summed E-state index contributed by atoms with van der Waals surface area (Å²) in [5.41, 5.74) is 3.69. The fourth-order valence-corrected chi connectivity index (χ4v) is 4.59.